The smallest absolute Gasteiger partial charge is 0.337 e. The molecule has 0 radical (unpaired) electrons. The molecule has 0 unspecified atom stereocenters. The second kappa shape index (κ2) is 7.52. The summed E-state index contributed by atoms with van der Waals surface area (Å²) in [5.41, 5.74) is -0.0897. The van der Waals surface area contributed by atoms with E-state index in [1.807, 2.05) is 0 Å². The van der Waals surface area contributed by atoms with Crippen LogP contribution in [0.3, 0.4) is 0 Å². The fourth-order valence-electron chi connectivity index (χ4n) is 1.63. The Labute approximate surface area is 133 Å². The number of hydrogen-bond donors (Lipinski definition) is 2. The van der Waals surface area contributed by atoms with Crippen LogP contribution in [0.2, 0.25) is 10.0 Å². The number of nitrogens with one attached hydrogen (secondary N) is 1. The third kappa shape index (κ3) is 5.10. The summed E-state index contributed by atoms with van der Waals surface area (Å²) in [6.07, 6.45) is 0.851. The van der Waals surface area contributed by atoms with Gasteiger partial charge in [0.05, 0.1) is 16.3 Å². The molecule has 0 fully saturated rings. The van der Waals surface area contributed by atoms with E-state index in [9.17, 15) is 9.59 Å². The summed E-state index contributed by atoms with van der Waals surface area (Å²) in [6, 6.07) is 2.22. The minimum absolute atomic E-state index is 0.0509. The molecule has 0 aromatic heterocycles. The molecule has 0 saturated heterocycles. The molecule has 0 aliphatic carbocycles. The average molecular weight is 333 g/mol. The van der Waals surface area contributed by atoms with Crippen LogP contribution >= 0.6 is 23.2 Å². The van der Waals surface area contributed by atoms with Gasteiger partial charge in [-0.25, -0.2) is 9.59 Å². The first-order valence-electron chi connectivity index (χ1n) is 6.46. The van der Waals surface area contributed by atoms with Gasteiger partial charge in [-0.2, -0.15) is 0 Å². The molecule has 5 nitrogen and oxygen atoms in total. The van der Waals surface area contributed by atoms with Gasteiger partial charge in [0.2, 0.25) is 0 Å². The highest BCUT2D eigenvalue weighted by molar-refractivity contribution is 6.37. The molecule has 1 rings (SSSR count). The molecule has 0 bridgehead atoms. The van der Waals surface area contributed by atoms with Crippen LogP contribution in [0.1, 0.15) is 30.6 Å². The van der Waals surface area contributed by atoms with E-state index in [4.69, 9.17) is 28.3 Å². The van der Waals surface area contributed by atoms with E-state index >= 15 is 0 Å². The van der Waals surface area contributed by atoms with Crippen molar-refractivity contribution in [1.82, 2.24) is 4.90 Å². The highest BCUT2D eigenvalue weighted by atomic mass is 35.5. The Bertz CT molecular complexity index is 547. The SMILES string of the molecule is CC(C)CCN(C)C(=O)Nc1c(Cl)cc(Cl)cc1C(=O)O. The van der Waals surface area contributed by atoms with E-state index < -0.39 is 12.0 Å². The zero-order chi connectivity index (χ0) is 16.2. The van der Waals surface area contributed by atoms with Crippen LogP contribution in [0.25, 0.3) is 0 Å². The molecule has 0 aliphatic heterocycles. The van der Waals surface area contributed by atoms with Crippen LogP contribution in [-0.4, -0.2) is 35.6 Å². The third-order valence-corrected chi connectivity index (χ3v) is 3.42. The molecular formula is C14H18Cl2N2O3. The molecule has 0 heterocycles. The average Bonchev–Trinajstić information content (AvgIpc) is 2.38. The zero-order valence-electron chi connectivity index (χ0n) is 12.1. The van der Waals surface area contributed by atoms with Crippen LogP contribution in [0.15, 0.2) is 12.1 Å². The zero-order valence-corrected chi connectivity index (χ0v) is 13.6. The first kappa shape index (κ1) is 17.6. The molecular weight excluding hydrogens is 315 g/mol. The van der Waals surface area contributed by atoms with E-state index in [1.165, 1.54) is 17.0 Å². The van der Waals surface area contributed by atoms with Crippen molar-refractivity contribution < 1.29 is 14.7 Å². The molecule has 1 aromatic carbocycles. The van der Waals surface area contributed by atoms with E-state index in [0.29, 0.717) is 12.5 Å². The first-order chi connectivity index (χ1) is 9.72. The number of benzene rings is 1. The predicted octanol–water partition coefficient (Wildman–Crippen LogP) is 4.20. The topological polar surface area (TPSA) is 69.6 Å². The number of halogens is 2. The van der Waals surface area contributed by atoms with Crippen LogP contribution in [0.5, 0.6) is 0 Å². The van der Waals surface area contributed by atoms with Gasteiger partial charge in [0, 0.05) is 18.6 Å². The minimum atomic E-state index is -1.21. The van der Waals surface area contributed by atoms with Gasteiger partial charge in [-0.15, -0.1) is 0 Å². The second-order valence-electron chi connectivity index (χ2n) is 5.15. The van der Waals surface area contributed by atoms with E-state index in [1.54, 1.807) is 7.05 Å². The number of rotatable bonds is 5. The van der Waals surface area contributed by atoms with Crippen molar-refractivity contribution in [2.45, 2.75) is 20.3 Å². The summed E-state index contributed by atoms with van der Waals surface area (Å²) < 4.78 is 0. The maximum atomic E-state index is 12.1. The number of nitrogens with zero attached hydrogens (tertiary/aromatic N) is 1. The Kier molecular flexibility index (Phi) is 6.30. The van der Waals surface area contributed by atoms with E-state index in [-0.39, 0.29) is 21.3 Å². The molecule has 7 heteroatoms. The molecule has 2 N–H and O–H groups in total. The van der Waals surface area contributed by atoms with Crippen LogP contribution in [0.4, 0.5) is 10.5 Å². The standard InChI is InChI=1S/C14H18Cl2N2O3/c1-8(2)4-5-18(3)14(21)17-12-10(13(19)20)6-9(15)7-11(12)16/h6-8H,4-5H2,1-3H3,(H,17,21)(H,19,20). The molecule has 21 heavy (non-hydrogen) atoms. The summed E-state index contributed by atoms with van der Waals surface area (Å²) in [5, 5.41) is 12.0. The van der Waals surface area contributed by atoms with Gasteiger partial charge < -0.3 is 15.3 Å². The number of carbonyl (C=O) groups is 2. The van der Waals surface area contributed by atoms with Gasteiger partial charge in [0.25, 0.3) is 0 Å². The van der Waals surface area contributed by atoms with E-state index in [2.05, 4.69) is 19.2 Å². The van der Waals surface area contributed by atoms with Gasteiger partial charge in [-0.05, 0) is 24.5 Å². The second-order valence-corrected chi connectivity index (χ2v) is 5.99. The van der Waals surface area contributed by atoms with Crippen molar-refractivity contribution in [3.8, 4) is 0 Å². The molecule has 0 aliphatic rings. The summed E-state index contributed by atoms with van der Waals surface area (Å²) in [4.78, 5) is 24.8. The normalized spacial score (nSPS) is 10.6. The van der Waals surface area contributed by atoms with Crippen LogP contribution in [0, 0.1) is 5.92 Å². The Balaban J connectivity index is 2.92. The van der Waals surface area contributed by atoms with Crippen molar-refractivity contribution in [2.24, 2.45) is 5.92 Å². The lowest BCUT2D eigenvalue weighted by Crippen LogP contribution is -2.33. The number of carbonyl (C=O) groups excluding carboxylic acids is 1. The Morgan fingerprint density at radius 3 is 2.48 bits per heavy atom. The number of hydrogen-bond acceptors (Lipinski definition) is 2. The van der Waals surface area contributed by atoms with Gasteiger partial charge >= 0.3 is 12.0 Å². The maximum Gasteiger partial charge on any atom is 0.337 e. The van der Waals surface area contributed by atoms with Crippen molar-refractivity contribution in [2.75, 3.05) is 18.9 Å². The van der Waals surface area contributed by atoms with Crippen molar-refractivity contribution >= 4 is 40.9 Å². The van der Waals surface area contributed by atoms with Crippen LogP contribution < -0.4 is 5.32 Å². The molecule has 0 saturated carbocycles. The van der Waals surface area contributed by atoms with Gasteiger partial charge in [-0.3, -0.25) is 0 Å². The van der Waals surface area contributed by atoms with Gasteiger partial charge in [0.1, 0.15) is 0 Å². The quantitative estimate of drug-likeness (QED) is 0.848. The Hall–Kier alpha value is -1.46. The number of urea groups is 1. The fraction of sp³-hybridized carbons (Fsp3) is 0.429. The lowest BCUT2D eigenvalue weighted by Gasteiger charge is -2.20. The van der Waals surface area contributed by atoms with E-state index in [0.717, 1.165) is 6.42 Å². The van der Waals surface area contributed by atoms with Crippen molar-refractivity contribution in [3.63, 3.8) is 0 Å². The predicted molar refractivity (Wildman–Crippen MR) is 84.5 cm³/mol. The third-order valence-electron chi connectivity index (χ3n) is 2.91. The summed E-state index contributed by atoms with van der Waals surface area (Å²) >= 11 is 11.8. The number of carboxylic acids is 1. The minimum Gasteiger partial charge on any atom is -0.478 e. The number of aromatic carboxylic acids is 1. The van der Waals surface area contributed by atoms with Gasteiger partial charge in [-0.1, -0.05) is 37.0 Å². The largest absolute Gasteiger partial charge is 0.478 e. The molecule has 0 spiro atoms. The molecule has 0 atom stereocenters. The van der Waals surface area contributed by atoms with Crippen LogP contribution in [-0.2, 0) is 0 Å². The monoisotopic (exact) mass is 332 g/mol. The number of amides is 2. The molecule has 2 amide bonds. The highest BCUT2D eigenvalue weighted by Gasteiger charge is 2.19. The number of anilines is 1. The van der Waals surface area contributed by atoms with Crippen molar-refractivity contribution in [1.29, 1.82) is 0 Å². The summed E-state index contributed by atoms with van der Waals surface area (Å²) in [5.74, 6) is -0.742. The molecule has 1 aromatic rings. The highest BCUT2D eigenvalue weighted by Crippen LogP contribution is 2.30. The van der Waals surface area contributed by atoms with Crippen molar-refractivity contribution in [3.05, 3.63) is 27.7 Å². The maximum absolute atomic E-state index is 12.1. The number of carboxylic acid groups (broad SMARTS) is 1. The Morgan fingerprint density at radius 2 is 1.95 bits per heavy atom. The Morgan fingerprint density at radius 1 is 1.33 bits per heavy atom. The molecule has 116 valence electrons. The van der Waals surface area contributed by atoms with Gasteiger partial charge in [0.15, 0.2) is 0 Å². The summed E-state index contributed by atoms with van der Waals surface area (Å²) in [7, 11) is 1.64. The lowest BCUT2D eigenvalue weighted by molar-refractivity contribution is 0.0698. The summed E-state index contributed by atoms with van der Waals surface area (Å²) in [6.45, 7) is 4.69. The fourth-order valence-corrected chi connectivity index (χ4v) is 2.17. The lowest BCUT2D eigenvalue weighted by atomic mass is 10.1. The first-order valence-corrected chi connectivity index (χ1v) is 7.22.